The Morgan fingerprint density at radius 2 is 1.79 bits per heavy atom. The Bertz CT molecular complexity index is 1450. The summed E-state index contributed by atoms with van der Waals surface area (Å²) in [7, 11) is 0. The number of rotatable bonds is 12. The lowest BCUT2D eigenvalue weighted by Gasteiger charge is -2.33. The van der Waals surface area contributed by atoms with Crippen molar-refractivity contribution in [3.8, 4) is 0 Å². The number of fused-ring (bicyclic) bond motifs is 1. The van der Waals surface area contributed by atoms with Crippen molar-refractivity contribution < 1.29 is 45.0 Å². The second-order valence-corrected chi connectivity index (χ2v) is 11.0. The van der Waals surface area contributed by atoms with Crippen LogP contribution in [0.1, 0.15) is 84.0 Å². The first-order valence-electron chi connectivity index (χ1n) is 13.9. The quantitative estimate of drug-likeness (QED) is 0.244. The van der Waals surface area contributed by atoms with Crippen LogP contribution in [0.2, 0.25) is 0 Å². The maximum atomic E-state index is 15.8. The predicted molar refractivity (Wildman–Crippen MR) is 137 cm³/mol. The highest BCUT2D eigenvalue weighted by Crippen LogP contribution is 2.43. The minimum Gasteiger partial charge on any atom is -0.352 e. The van der Waals surface area contributed by atoms with Crippen molar-refractivity contribution in [2.24, 2.45) is 5.92 Å². The highest BCUT2D eigenvalue weighted by molar-refractivity contribution is 5.93. The fourth-order valence-electron chi connectivity index (χ4n) is 5.42. The Hall–Kier alpha value is -3.72. The number of nitrogens with one attached hydrogen (secondary N) is 3. The van der Waals surface area contributed by atoms with E-state index >= 15 is 4.39 Å². The summed E-state index contributed by atoms with van der Waals surface area (Å²) in [5, 5.41) is 12.2. The lowest BCUT2D eigenvalue weighted by atomic mass is 9.81. The van der Waals surface area contributed by atoms with E-state index in [0.29, 0.717) is 5.69 Å². The molecule has 5 rings (SSSR count). The lowest BCUT2D eigenvalue weighted by Crippen LogP contribution is -2.39. The number of halogens is 7. The van der Waals surface area contributed by atoms with E-state index in [2.05, 4.69) is 25.6 Å². The van der Waals surface area contributed by atoms with Crippen molar-refractivity contribution in [3.05, 3.63) is 40.7 Å². The van der Waals surface area contributed by atoms with Gasteiger partial charge in [-0.05, 0) is 42.8 Å². The number of aromatic nitrogens is 4. The van der Waals surface area contributed by atoms with Gasteiger partial charge in [0.25, 0.3) is 5.91 Å². The zero-order valence-electron chi connectivity index (χ0n) is 22.7. The number of imidazole rings is 1. The number of benzene rings is 1. The minimum absolute atomic E-state index is 0.00514. The normalized spacial score (nSPS) is 20.0. The minimum atomic E-state index is -2.88. The van der Waals surface area contributed by atoms with Gasteiger partial charge in [0.2, 0.25) is 11.8 Å². The molecule has 0 bridgehead atoms. The molecule has 0 radical (unpaired) electrons. The summed E-state index contributed by atoms with van der Waals surface area (Å²) in [6.07, 6.45) is -3.88. The molecule has 1 aromatic carbocycles. The zero-order chi connectivity index (χ0) is 30.9. The van der Waals surface area contributed by atoms with E-state index in [9.17, 15) is 35.9 Å². The van der Waals surface area contributed by atoms with Crippen LogP contribution in [0, 0.1) is 11.7 Å². The third kappa shape index (κ3) is 6.61. The molecule has 2 aliphatic carbocycles. The van der Waals surface area contributed by atoms with Gasteiger partial charge in [0.1, 0.15) is 42.7 Å². The molecule has 3 unspecified atom stereocenters. The third-order valence-corrected chi connectivity index (χ3v) is 7.94. The van der Waals surface area contributed by atoms with Gasteiger partial charge in [0, 0.05) is 24.3 Å². The molecule has 9 nitrogen and oxygen atoms in total. The monoisotopic (exact) mass is 618 g/mol. The summed E-state index contributed by atoms with van der Waals surface area (Å²) < 4.78 is 102. The molecule has 234 valence electrons. The molecule has 3 N–H and O–H groups in total. The standard InChI is InChI=1S/C27H29F7N6O3/c28-9-14(30)11-35-25(41)18(16(31)10-29)15-3-4-17-22(19(15)32)37-24(36-17)21(13-5-7-27(33,34)8-6-13)38-26(42)23-20(12-1-2-12)39-43-40-23/h3-4,12-14,16,18,21H,1-2,5-11H2,(H,35,41)(H,36,37)(H,38,42)/t14?,16?,18?,21-/m0/s1. The SMILES string of the molecule is O=C(N[C@H](c1nc2c(F)c(C(C(=O)NCC(F)CF)C(F)CF)ccc2[nH]1)C1CCC(F)(F)CC1)c1nonc1C1CC1. The maximum absolute atomic E-state index is 15.8. The van der Waals surface area contributed by atoms with E-state index in [1.807, 2.05) is 5.32 Å². The summed E-state index contributed by atoms with van der Waals surface area (Å²) >= 11 is 0. The van der Waals surface area contributed by atoms with Crippen LogP contribution in [0.4, 0.5) is 30.7 Å². The number of hydrogen-bond acceptors (Lipinski definition) is 6. The first kappa shape index (κ1) is 30.7. The highest BCUT2D eigenvalue weighted by Gasteiger charge is 2.41. The van der Waals surface area contributed by atoms with Crippen LogP contribution in [0.3, 0.4) is 0 Å². The van der Waals surface area contributed by atoms with Gasteiger partial charge in [-0.1, -0.05) is 11.2 Å². The third-order valence-electron chi connectivity index (χ3n) is 7.94. The Labute approximate surface area is 240 Å². The number of carbonyl (C=O) groups is 2. The molecule has 2 aliphatic rings. The van der Waals surface area contributed by atoms with E-state index in [-0.39, 0.29) is 41.3 Å². The second kappa shape index (κ2) is 12.5. The number of alkyl halides is 6. The highest BCUT2D eigenvalue weighted by atomic mass is 19.3. The van der Waals surface area contributed by atoms with Crippen molar-refractivity contribution in [2.75, 3.05) is 19.9 Å². The first-order valence-corrected chi connectivity index (χ1v) is 13.9. The number of nitrogens with zero attached hydrogens (tertiary/aromatic N) is 3. The lowest BCUT2D eigenvalue weighted by molar-refractivity contribution is -0.124. The van der Waals surface area contributed by atoms with E-state index in [0.717, 1.165) is 18.9 Å². The average molecular weight is 619 g/mol. The van der Waals surface area contributed by atoms with Crippen molar-refractivity contribution in [2.45, 2.75) is 74.7 Å². The molecular weight excluding hydrogens is 589 g/mol. The topological polar surface area (TPSA) is 126 Å². The van der Waals surface area contributed by atoms with Crippen molar-refractivity contribution in [3.63, 3.8) is 0 Å². The molecule has 4 atom stereocenters. The van der Waals surface area contributed by atoms with Gasteiger partial charge < -0.3 is 15.6 Å². The number of amides is 2. The number of carbonyl (C=O) groups excluding carboxylic acids is 2. The summed E-state index contributed by atoms with van der Waals surface area (Å²) in [5.41, 5.74) is -0.588. The fourth-order valence-corrected chi connectivity index (χ4v) is 5.42. The average Bonchev–Trinajstić information content (AvgIpc) is 3.54. The Balaban J connectivity index is 1.47. The summed E-state index contributed by atoms with van der Waals surface area (Å²) in [5.74, 6) is -8.57. The molecule has 3 aromatic rings. The molecule has 0 aliphatic heterocycles. The van der Waals surface area contributed by atoms with Crippen LogP contribution < -0.4 is 10.6 Å². The molecule has 0 spiro atoms. The van der Waals surface area contributed by atoms with Crippen LogP contribution in [0.25, 0.3) is 11.0 Å². The molecule has 16 heteroatoms. The number of H-pyrrole nitrogens is 1. The predicted octanol–water partition coefficient (Wildman–Crippen LogP) is 5.07. The van der Waals surface area contributed by atoms with Crippen LogP contribution in [-0.4, -0.2) is 70.3 Å². The van der Waals surface area contributed by atoms with Crippen LogP contribution in [-0.2, 0) is 4.79 Å². The Morgan fingerprint density at radius 1 is 1.07 bits per heavy atom. The van der Waals surface area contributed by atoms with Crippen LogP contribution in [0.15, 0.2) is 16.8 Å². The van der Waals surface area contributed by atoms with Crippen molar-refractivity contribution >= 4 is 22.8 Å². The molecule has 0 saturated heterocycles. The van der Waals surface area contributed by atoms with Gasteiger partial charge in [-0.15, -0.1) is 0 Å². The van der Waals surface area contributed by atoms with E-state index in [4.69, 9.17) is 4.63 Å². The van der Waals surface area contributed by atoms with Gasteiger partial charge in [-0.2, -0.15) is 0 Å². The number of hydrogen-bond donors (Lipinski definition) is 3. The van der Waals surface area contributed by atoms with E-state index in [1.54, 1.807) is 0 Å². The Kier molecular flexibility index (Phi) is 8.92. The molecule has 2 heterocycles. The van der Waals surface area contributed by atoms with Crippen molar-refractivity contribution in [1.82, 2.24) is 30.9 Å². The van der Waals surface area contributed by atoms with Gasteiger partial charge >= 0.3 is 0 Å². The maximum Gasteiger partial charge on any atom is 0.276 e. The summed E-state index contributed by atoms with van der Waals surface area (Å²) in [6.45, 7) is -3.91. The summed E-state index contributed by atoms with van der Waals surface area (Å²) in [6, 6.07) is 1.28. The van der Waals surface area contributed by atoms with Gasteiger partial charge in [-0.25, -0.2) is 40.3 Å². The second-order valence-electron chi connectivity index (χ2n) is 11.0. The van der Waals surface area contributed by atoms with Gasteiger partial charge in [0.15, 0.2) is 11.5 Å². The fraction of sp³-hybridized carbons (Fsp3) is 0.593. The largest absolute Gasteiger partial charge is 0.352 e. The van der Waals surface area contributed by atoms with Gasteiger partial charge in [0.05, 0.1) is 24.0 Å². The van der Waals surface area contributed by atoms with Gasteiger partial charge in [-0.3, -0.25) is 9.59 Å². The molecule has 2 fully saturated rings. The van der Waals surface area contributed by atoms with Crippen molar-refractivity contribution in [1.29, 1.82) is 0 Å². The molecule has 43 heavy (non-hydrogen) atoms. The zero-order valence-corrected chi connectivity index (χ0v) is 22.7. The van der Waals surface area contributed by atoms with E-state index in [1.165, 1.54) is 6.07 Å². The van der Waals surface area contributed by atoms with Crippen LogP contribution >= 0.6 is 0 Å². The number of aromatic amines is 1. The summed E-state index contributed by atoms with van der Waals surface area (Å²) in [4.78, 5) is 33.0. The molecular formula is C27H29F7N6O3. The molecule has 2 aromatic heterocycles. The smallest absolute Gasteiger partial charge is 0.276 e. The molecule has 2 saturated carbocycles. The van der Waals surface area contributed by atoms with Crippen LogP contribution in [0.5, 0.6) is 0 Å². The van der Waals surface area contributed by atoms with E-state index < -0.39 is 92.1 Å². The Morgan fingerprint density at radius 3 is 2.44 bits per heavy atom. The molecule has 2 amide bonds. The first-order chi connectivity index (χ1) is 20.5.